The van der Waals surface area contributed by atoms with Gasteiger partial charge in [-0.2, -0.15) is 13.2 Å². The number of aromatic nitrogens is 1. The zero-order chi connectivity index (χ0) is 22.8. The van der Waals surface area contributed by atoms with Gasteiger partial charge in [-0.05, 0) is 74.3 Å². The smallest absolute Gasteiger partial charge is 0.417 e. The van der Waals surface area contributed by atoms with Crippen LogP contribution < -0.4 is 11.1 Å². The number of pyridine rings is 1. The molecule has 32 heavy (non-hydrogen) atoms. The maximum absolute atomic E-state index is 12.9. The number of amides is 2. The minimum atomic E-state index is -4.46. The van der Waals surface area contributed by atoms with E-state index in [4.69, 9.17) is 5.73 Å². The molecule has 1 aliphatic heterocycles. The number of carbonyl (C=O) groups is 2. The maximum atomic E-state index is 12.9. The summed E-state index contributed by atoms with van der Waals surface area (Å²) >= 11 is 0. The van der Waals surface area contributed by atoms with Crippen molar-refractivity contribution in [3.63, 3.8) is 0 Å². The molecule has 1 aromatic rings. The molecule has 0 spiro atoms. The second kappa shape index (κ2) is 7.25. The van der Waals surface area contributed by atoms with Gasteiger partial charge in [-0.25, -0.2) is 9.78 Å². The Bertz CT molecular complexity index is 906. The lowest BCUT2D eigenvalue weighted by Crippen LogP contribution is -2.61. The largest absolute Gasteiger partial charge is 0.465 e. The number of nitrogens with zero attached hydrogens (tertiary/aromatic N) is 2. The second-order valence-corrected chi connectivity index (χ2v) is 10.1. The summed E-state index contributed by atoms with van der Waals surface area (Å²) in [5, 5.41) is 13.1. The standard InChI is InChI=1S/C22H27F3N4O3/c23-22(24,25)14-1-2-16(27-10-14)28-15-3-4-29(20(31)32)18(15)17-12-5-11-6-13(17)9-21(7-11,8-12)19(26)30/h1-2,10-13,15,17-18H,3-9H2,(H2,26,30)(H,27,28)(H,31,32)/t11?,12-,13?,15?,17?,18+,21?/m0/s1. The van der Waals surface area contributed by atoms with Gasteiger partial charge in [0.25, 0.3) is 0 Å². The van der Waals surface area contributed by atoms with Crippen molar-refractivity contribution in [3.05, 3.63) is 23.9 Å². The van der Waals surface area contributed by atoms with Crippen LogP contribution in [-0.2, 0) is 11.0 Å². The SMILES string of the molecule is NC(=O)C12CC3CC(C1)C([C@H]1C(Nc4ccc(C(F)(F)F)cn4)CCN1C(=O)O)[C@@H](C3)C2. The van der Waals surface area contributed by atoms with Gasteiger partial charge in [-0.15, -0.1) is 0 Å². The molecule has 174 valence electrons. The number of primary amides is 1. The van der Waals surface area contributed by atoms with Crippen LogP contribution in [0.1, 0.15) is 44.1 Å². The number of hydrogen-bond acceptors (Lipinski definition) is 4. The second-order valence-electron chi connectivity index (χ2n) is 10.1. The Morgan fingerprint density at radius 1 is 1.19 bits per heavy atom. The van der Waals surface area contributed by atoms with Gasteiger partial charge in [-0.3, -0.25) is 4.79 Å². The van der Waals surface area contributed by atoms with E-state index in [0.717, 1.165) is 31.5 Å². The number of alkyl halides is 3. The topological polar surface area (TPSA) is 109 Å². The molecule has 2 heterocycles. The molecule has 4 saturated carbocycles. The van der Waals surface area contributed by atoms with E-state index >= 15 is 0 Å². The highest BCUT2D eigenvalue weighted by molar-refractivity contribution is 5.81. The lowest BCUT2D eigenvalue weighted by atomic mass is 9.44. The average Bonchev–Trinajstić information content (AvgIpc) is 3.10. The summed E-state index contributed by atoms with van der Waals surface area (Å²) in [5.74, 6) is 1.08. The molecule has 1 aromatic heterocycles. The lowest BCUT2D eigenvalue weighted by Gasteiger charge is -2.61. The number of nitrogens with two attached hydrogens (primary N) is 1. The summed E-state index contributed by atoms with van der Waals surface area (Å²) in [7, 11) is 0. The van der Waals surface area contributed by atoms with Crippen molar-refractivity contribution in [2.24, 2.45) is 34.8 Å². The Morgan fingerprint density at radius 3 is 2.41 bits per heavy atom. The molecule has 5 unspecified atom stereocenters. The predicted molar refractivity (Wildman–Crippen MR) is 108 cm³/mol. The first-order valence-corrected chi connectivity index (χ1v) is 11.2. The summed E-state index contributed by atoms with van der Waals surface area (Å²) in [4.78, 5) is 29.7. The highest BCUT2D eigenvalue weighted by atomic mass is 19.4. The van der Waals surface area contributed by atoms with Crippen molar-refractivity contribution in [2.45, 2.75) is 56.8 Å². The Morgan fingerprint density at radius 2 is 1.88 bits per heavy atom. The molecule has 1 saturated heterocycles. The van der Waals surface area contributed by atoms with E-state index in [0.29, 0.717) is 37.5 Å². The van der Waals surface area contributed by atoms with Gasteiger partial charge in [-0.1, -0.05) is 0 Å². The van der Waals surface area contributed by atoms with E-state index in [9.17, 15) is 27.9 Å². The molecular formula is C22H27F3N4O3. The number of rotatable bonds is 4. The van der Waals surface area contributed by atoms with Crippen LogP contribution >= 0.6 is 0 Å². The van der Waals surface area contributed by atoms with Crippen molar-refractivity contribution in [1.29, 1.82) is 0 Å². The molecule has 7 atom stereocenters. The third-order valence-electron chi connectivity index (χ3n) is 8.39. The van der Waals surface area contributed by atoms with Gasteiger partial charge in [0, 0.05) is 18.2 Å². The summed E-state index contributed by atoms with van der Waals surface area (Å²) in [6, 6.07) is 1.72. The molecular weight excluding hydrogens is 425 g/mol. The molecule has 5 fully saturated rings. The summed E-state index contributed by atoms with van der Waals surface area (Å²) in [6.45, 7) is 0.360. The first-order valence-electron chi connectivity index (χ1n) is 11.2. The van der Waals surface area contributed by atoms with Crippen molar-refractivity contribution in [3.8, 4) is 0 Å². The molecule has 10 heteroatoms. The van der Waals surface area contributed by atoms with Crippen molar-refractivity contribution >= 4 is 17.8 Å². The molecule has 5 aliphatic rings. The minimum Gasteiger partial charge on any atom is -0.465 e. The van der Waals surface area contributed by atoms with Crippen LogP contribution in [-0.4, -0.2) is 45.6 Å². The van der Waals surface area contributed by atoms with Crippen LogP contribution in [0.5, 0.6) is 0 Å². The first kappa shape index (κ1) is 21.3. The number of hydrogen-bond donors (Lipinski definition) is 3. The number of halogens is 3. The average molecular weight is 452 g/mol. The summed E-state index contributed by atoms with van der Waals surface area (Å²) in [6.07, 6.45) is 0.102. The van der Waals surface area contributed by atoms with Gasteiger partial charge in [0.05, 0.1) is 17.6 Å². The van der Waals surface area contributed by atoms with Crippen LogP contribution in [0, 0.1) is 29.1 Å². The Hall–Kier alpha value is -2.52. The zero-order valence-corrected chi connectivity index (χ0v) is 17.5. The maximum Gasteiger partial charge on any atom is 0.417 e. The zero-order valence-electron chi connectivity index (χ0n) is 17.5. The molecule has 4 bridgehead atoms. The van der Waals surface area contributed by atoms with E-state index in [-0.39, 0.29) is 35.7 Å². The highest BCUT2D eigenvalue weighted by Crippen LogP contribution is 2.63. The predicted octanol–water partition coefficient (Wildman–Crippen LogP) is 3.56. The van der Waals surface area contributed by atoms with Crippen molar-refractivity contribution in [1.82, 2.24) is 9.88 Å². The molecule has 4 N–H and O–H groups in total. The Balaban J connectivity index is 1.40. The third-order valence-corrected chi connectivity index (χ3v) is 8.39. The molecule has 0 aromatic carbocycles. The van der Waals surface area contributed by atoms with E-state index < -0.39 is 23.2 Å². The van der Waals surface area contributed by atoms with E-state index in [2.05, 4.69) is 10.3 Å². The molecule has 2 amide bonds. The minimum absolute atomic E-state index is 0.101. The molecule has 4 aliphatic carbocycles. The molecule has 7 nitrogen and oxygen atoms in total. The van der Waals surface area contributed by atoms with Gasteiger partial charge >= 0.3 is 12.3 Å². The fourth-order valence-corrected chi connectivity index (χ4v) is 7.43. The van der Waals surface area contributed by atoms with E-state index in [1.807, 2.05) is 0 Å². The first-order chi connectivity index (χ1) is 15.1. The van der Waals surface area contributed by atoms with Crippen LogP contribution in [0.25, 0.3) is 0 Å². The fourth-order valence-electron chi connectivity index (χ4n) is 7.43. The lowest BCUT2D eigenvalue weighted by molar-refractivity contribution is -0.154. The Kier molecular flexibility index (Phi) is 4.83. The highest BCUT2D eigenvalue weighted by Gasteiger charge is 2.61. The van der Waals surface area contributed by atoms with E-state index in [1.54, 1.807) is 0 Å². The third kappa shape index (κ3) is 3.38. The molecule has 6 rings (SSSR count). The van der Waals surface area contributed by atoms with Crippen molar-refractivity contribution in [2.75, 3.05) is 11.9 Å². The number of carbonyl (C=O) groups excluding carboxylic acids is 1. The number of likely N-dealkylation sites (tertiary alicyclic amines) is 1. The van der Waals surface area contributed by atoms with Crippen LogP contribution in [0.3, 0.4) is 0 Å². The van der Waals surface area contributed by atoms with Gasteiger partial charge in [0.1, 0.15) is 5.82 Å². The van der Waals surface area contributed by atoms with Crippen LogP contribution in [0.15, 0.2) is 18.3 Å². The number of anilines is 1. The normalized spacial score (nSPS) is 38.2. The molecule has 0 radical (unpaired) electrons. The van der Waals surface area contributed by atoms with Crippen LogP contribution in [0.4, 0.5) is 23.8 Å². The number of carboxylic acid groups (broad SMARTS) is 1. The van der Waals surface area contributed by atoms with Crippen LogP contribution in [0.2, 0.25) is 0 Å². The fraction of sp³-hybridized carbons (Fsp3) is 0.682. The monoisotopic (exact) mass is 452 g/mol. The van der Waals surface area contributed by atoms with Gasteiger partial charge in [0.2, 0.25) is 5.91 Å². The van der Waals surface area contributed by atoms with Gasteiger partial charge < -0.3 is 21.1 Å². The van der Waals surface area contributed by atoms with Gasteiger partial charge in [0.15, 0.2) is 0 Å². The Labute approximate surface area is 183 Å². The number of nitrogens with one attached hydrogen (secondary N) is 1. The quantitative estimate of drug-likeness (QED) is 0.647. The van der Waals surface area contributed by atoms with Crippen molar-refractivity contribution < 1.29 is 27.9 Å². The summed E-state index contributed by atoms with van der Waals surface area (Å²) in [5.41, 5.74) is 4.51. The summed E-state index contributed by atoms with van der Waals surface area (Å²) < 4.78 is 38.6. The van der Waals surface area contributed by atoms with E-state index in [1.165, 1.54) is 11.0 Å².